The molecule has 1 aromatic carbocycles. The Morgan fingerprint density at radius 1 is 1.48 bits per heavy atom. The number of likely N-dealkylation sites (tertiary alicyclic amines) is 1. The van der Waals surface area contributed by atoms with Gasteiger partial charge >= 0.3 is 6.03 Å². The third-order valence-corrected chi connectivity index (χ3v) is 4.02. The van der Waals surface area contributed by atoms with Crippen molar-refractivity contribution in [2.24, 2.45) is 0 Å². The van der Waals surface area contributed by atoms with Crippen LogP contribution in [0.2, 0.25) is 0 Å². The number of carbonyl (C=O) groups is 1. The lowest BCUT2D eigenvalue weighted by Gasteiger charge is -2.35. The van der Waals surface area contributed by atoms with Crippen LogP contribution in [0.15, 0.2) is 18.2 Å². The Morgan fingerprint density at radius 3 is 2.95 bits per heavy atom. The number of nitrogens with one attached hydrogen (secondary N) is 1. The fourth-order valence-corrected chi connectivity index (χ4v) is 2.79. The normalized spacial score (nSPS) is 18.4. The van der Waals surface area contributed by atoms with E-state index in [1.165, 1.54) is 19.6 Å². The fourth-order valence-electron chi connectivity index (χ4n) is 2.79. The first-order valence-electron chi connectivity index (χ1n) is 7.52. The zero-order valence-corrected chi connectivity index (χ0v) is 12.7. The molecule has 1 fully saturated rings. The predicted molar refractivity (Wildman–Crippen MR) is 79.8 cm³/mol. The summed E-state index contributed by atoms with van der Waals surface area (Å²) in [5.74, 6) is -0.194. The maximum absolute atomic E-state index is 13.6. The summed E-state index contributed by atoms with van der Waals surface area (Å²) in [5, 5.41) is 2.88. The third kappa shape index (κ3) is 3.86. The molecule has 116 valence electrons. The van der Waals surface area contributed by atoms with E-state index in [0.717, 1.165) is 31.4 Å². The largest absolute Gasteiger partial charge is 0.494 e. The van der Waals surface area contributed by atoms with Crippen LogP contribution in [0.25, 0.3) is 0 Å². The number of halogens is 1. The molecule has 1 heterocycles. The second kappa shape index (κ2) is 7.29. The zero-order chi connectivity index (χ0) is 15.2. The molecule has 1 unspecified atom stereocenters. The molecule has 1 saturated heterocycles. The Labute approximate surface area is 125 Å². The number of amides is 2. The fraction of sp³-hybridized carbons (Fsp3) is 0.562. The molecule has 4 nitrogen and oxygen atoms in total. The van der Waals surface area contributed by atoms with Crippen LogP contribution >= 0.6 is 0 Å². The number of piperidine rings is 1. The maximum Gasteiger partial charge on any atom is 0.317 e. The van der Waals surface area contributed by atoms with Crippen LogP contribution in [-0.4, -0.2) is 30.6 Å². The van der Waals surface area contributed by atoms with E-state index in [1.54, 1.807) is 12.1 Å². The molecule has 0 radical (unpaired) electrons. The molecule has 0 spiro atoms. The van der Waals surface area contributed by atoms with Gasteiger partial charge in [0.15, 0.2) is 11.6 Å². The Balaban J connectivity index is 1.92. The minimum atomic E-state index is -0.409. The minimum Gasteiger partial charge on any atom is -0.494 e. The highest BCUT2D eigenvalue weighted by molar-refractivity contribution is 5.74. The van der Waals surface area contributed by atoms with E-state index in [0.29, 0.717) is 12.6 Å². The first-order valence-corrected chi connectivity index (χ1v) is 7.52. The Kier molecular flexibility index (Phi) is 5.42. The van der Waals surface area contributed by atoms with Gasteiger partial charge in [-0.3, -0.25) is 0 Å². The standard InChI is InChI=1S/C16H23FN2O2/c1-3-13-6-4-5-9-19(13)16(20)18-11-12-7-8-15(21-2)14(17)10-12/h7-8,10,13H,3-6,9,11H2,1-2H3,(H,18,20). The number of benzene rings is 1. The number of ether oxygens (including phenoxy) is 1. The summed E-state index contributed by atoms with van der Waals surface area (Å²) < 4.78 is 18.5. The molecule has 2 amide bonds. The second-order valence-electron chi connectivity index (χ2n) is 5.38. The lowest BCUT2D eigenvalue weighted by molar-refractivity contribution is 0.148. The predicted octanol–water partition coefficient (Wildman–Crippen LogP) is 3.31. The van der Waals surface area contributed by atoms with Gasteiger partial charge in [-0.1, -0.05) is 13.0 Å². The minimum absolute atomic E-state index is 0.0576. The van der Waals surface area contributed by atoms with Crippen molar-refractivity contribution in [3.63, 3.8) is 0 Å². The Bertz CT molecular complexity index is 493. The highest BCUT2D eigenvalue weighted by Gasteiger charge is 2.24. The molecule has 0 aliphatic carbocycles. The van der Waals surface area contributed by atoms with Crippen molar-refractivity contribution in [1.82, 2.24) is 10.2 Å². The van der Waals surface area contributed by atoms with Crippen molar-refractivity contribution >= 4 is 6.03 Å². The van der Waals surface area contributed by atoms with Gasteiger partial charge in [-0.15, -0.1) is 0 Å². The lowest BCUT2D eigenvalue weighted by atomic mass is 10.0. The van der Waals surface area contributed by atoms with Crippen LogP contribution in [0.4, 0.5) is 9.18 Å². The van der Waals surface area contributed by atoms with Crippen LogP contribution in [0, 0.1) is 5.82 Å². The second-order valence-corrected chi connectivity index (χ2v) is 5.38. The molecule has 1 atom stereocenters. The Hall–Kier alpha value is -1.78. The molecule has 1 aromatic rings. The molecule has 0 bridgehead atoms. The first-order chi connectivity index (χ1) is 10.2. The van der Waals surface area contributed by atoms with Crippen LogP contribution < -0.4 is 10.1 Å². The molecule has 5 heteroatoms. The van der Waals surface area contributed by atoms with Gasteiger partial charge in [0.05, 0.1) is 7.11 Å². The van der Waals surface area contributed by atoms with Gasteiger partial charge in [0, 0.05) is 19.1 Å². The number of carbonyl (C=O) groups excluding carboxylic acids is 1. The average Bonchev–Trinajstić information content (AvgIpc) is 2.52. The van der Waals surface area contributed by atoms with E-state index in [1.807, 2.05) is 4.90 Å². The molecule has 0 saturated carbocycles. The van der Waals surface area contributed by atoms with Crippen molar-refractivity contribution in [2.75, 3.05) is 13.7 Å². The van der Waals surface area contributed by atoms with Gasteiger partial charge in [-0.25, -0.2) is 9.18 Å². The first kappa shape index (κ1) is 15.6. The number of methoxy groups -OCH3 is 1. The van der Waals surface area contributed by atoms with Gasteiger partial charge in [0.2, 0.25) is 0 Å². The van der Waals surface area contributed by atoms with Crippen LogP contribution in [0.5, 0.6) is 5.75 Å². The van der Waals surface area contributed by atoms with Crippen molar-refractivity contribution in [3.8, 4) is 5.75 Å². The van der Waals surface area contributed by atoms with Crippen LogP contribution in [0.1, 0.15) is 38.2 Å². The molecule has 1 aliphatic heterocycles. The van der Waals surface area contributed by atoms with Crippen molar-refractivity contribution in [2.45, 2.75) is 45.2 Å². The quantitative estimate of drug-likeness (QED) is 0.925. The summed E-state index contributed by atoms with van der Waals surface area (Å²) in [6, 6.07) is 5.00. The van der Waals surface area contributed by atoms with Gasteiger partial charge < -0.3 is 15.0 Å². The smallest absolute Gasteiger partial charge is 0.317 e. The highest BCUT2D eigenvalue weighted by Crippen LogP contribution is 2.20. The molecular formula is C16H23FN2O2. The molecular weight excluding hydrogens is 271 g/mol. The summed E-state index contributed by atoms with van der Waals surface area (Å²) in [4.78, 5) is 14.2. The summed E-state index contributed by atoms with van der Waals surface area (Å²) in [6.07, 6.45) is 4.29. The van der Waals surface area contributed by atoms with Gasteiger partial charge in [-0.2, -0.15) is 0 Å². The molecule has 1 aliphatic rings. The summed E-state index contributed by atoms with van der Waals surface area (Å²) in [7, 11) is 1.43. The summed E-state index contributed by atoms with van der Waals surface area (Å²) in [5.41, 5.74) is 0.728. The molecule has 1 N–H and O–H groups in total. The summed E-state index contributed by atoms with van der Waals surface area (Å²) >= 11 is 0. The molecule has 0 aromatic heterocycles. The van der Waals surface area contributed by atoms with Crippen molar-refractivity contribution in [3.05, 3.63) is 29.6 Å². The monoisotopic (exact) mass is 294 g/mol. The van der Waals surface area contributed by atoms with E-state index in [9.17, 15) is 9.18 Å². The van der Waals surface area contributed by atoms with E-state index in [2.05, 4.69) is 12.2 Å². The lowest BCUT2D eigenvalue weighted by Crippen LogP contribution is -2.48. The third-order valence-electron chi connectivity index (χ3n) is 4.02. The van der Waals surface area contributed by atoms with Crippen molar-refractivity contribution < 1.29 is 13.9 Å². The average molecular weight is 294 g/mol. The van der Waals surface area contributed by atoms with Gasteiger partial charge in [0.25, 0.3) is 0 Å². The highest BCUT2D eigenvalue weighted by atomic mass is 19.1. The number of urea groups is 1. The van der Waals surface area contributed by atoms with Gasteiger partial charge in [-0.05, 0) is 43.4 Å². The number of hydrogen-bond acceptors (Lipinski definition) is 2. The summed E-state index contributed by atoms with van der Waals surface area (Å²) in [6.45, 7) is 3.24. The maximum atomic E-state index is 13.6. The van der Waals surface area contributed by atoms with E-state index >= 15 is 0 Å². The van der Waals surface area contributed by atoms with Crippen molar-refractivity contribution in [1.29, 1.82) is 0 Å². The zero-order valence-electron chi connectivity index (χ0n) is 12.7. The number of hydrogen-bond donors (Lipinski definition) is 1. The Morgan fingerprint density at radius 2 is 2.29 bits per heavy atom. The van der Waals surface area contributed by atoms with E-state index < -0.39 is 5.82 Å². The molecule has 21 heavy (non-hydrogen) atoms. The van der Waals surface area contributed by atoms with Crippen LogP contribution in [0.3, 0.4) is 0 Å². The SMILES string of the molecule is CCC1CCCCN1C(=O)NCc1ccc(OC)c(F)c1. The number of rotatable bonds is 4. The van der Waals surface area contributed by atoms with Crippen LogP contribution in [-0.2, 0) is 6.54 Å². The van der Waals surface area contributed by atoms with E-state index in [-0.39, 0.29) is 11.8 Å². The van der Waals surface area contributed by atoms with E-state index in [4.69, 9.17) is 4.74 Å². The van der Waals surface area contributed by atoms with Gasteiger partial charge in [0.1, 0.15) is 0 Å². The molecule has 2 rings (SSSR count). The topological polar surface area (TPSA) is 41.6 Å². The number of nitrogens with zero attached hydrogens (tertiary/aromatic N) is 1.